The van der Waals surface area contributed by atoms with Crippen LogP contribution >= 0.6 is 23.4 Å². The molecule has 0 N–H and O–H groups in total. The van der Waals surface area contributed by atoms with Crippen molar-refractivity contribution in [3.8, 4) is 5.75 Å². The van der Waals surface area contributed by atoms with Crippen molar-refractivity contribution >= 4 is 34.4 Å². The van der Waals surface area contributed by atoms with E-state index in [2.05, 4.69) is 48.7 Å². The number of thioether (sulfide) groups is 1. The van der Waals surface area contributed by atoms with E-state index in [-0.39, 0.29) is 0 Å². The van der Waals surface area contributed by atoms with Gasteiger partial charge in [0.15, 0.2) is 0 Å². The zero-order chi connectivity index (χ0) is 20.2. The van der Waals surface area contributed by atoms with E-state index in [1.807, 2.05) is 36.4 Å². The minimum Gasteiger partial charge on any atom is -0.491 e. The lowest BCUT2D eigenvalue weighted by atomic mass is 10.1. The van der Waals surface area contributed by atoms with Crippen molar-refractivity contribution in [3.63, 3.8) is 0 Å². The van der Waals surface area contributed by atoms with Crippen LogP contribution in [-0.2, 0) is 12.3 Å². The number of aryl methyl sites for hydroxylation is 2. The van der Waals surface area contributed by atoms with Crippen molar-refractivity contribution in [3.05, 3.63) is 88.7 Å². The van der Waals surface area contributed by atoms with Gasteiger partial charge in [0.2, 0.25) is 0 Å². The first-order valence-corrected chi connectivity index (χ1v) is 11.0. The molecule has 3 nitrogen and oxygen atoms in total. The summed E-state index contributed by atoms with van der Waals surface area (Å²) in [5.41, 5.74) is 4.57. The monoisotopic (exact) mass is 422 g/mol. The first-order valence-electron chi connectivity index (χ1n) is 9.63. The van der Waals surface area contributed by atoms with Crippen molar-refractivity contribution in [1.82, 2.24) is 9.55 Å². The third kappa shape index (κ3) is 4.77. The lowest BCUT2D eigenvalue weighted by molar-refractivity contribution is 0.297. The Labute approximate surface area is 180 Å². The van der Waals surface area contributed by atoms with Gasteiger partial charge in [-0.15, -0.1) is 11.8 Å². The fourth-order valence-corrected chi connectivity index (χ4v) is 4.34. The number of rotatable bonds is 7. The van der Waals surface area contributed by atoms with Crippen molar-refractivity contribution in [2.75, 3.05) is 6.61 Å². The van der Waals surface area contributed by atoms with Crippen molar-refractivity contribution < 1.29 is 4.74 Å². The van der Waals surface area contributed by atoms with Gasteiger partial charge >= 0.3 is 0 Å². The number of hydrogen-bond donors (Lipinski definition) is 0. The quantitative estimate of drug-likeness (QED) is 0.311. The number of ether oxygens (including phenoxy) is 1. The lowest BCUT2D eigenvalue weighted by Crippen LogP contribution is -2.11. The second-order valence-corrected chi connectivity index (χ2v) is 8.51. The van der Waals surface area contributed by atoms with E-state index in [1.54, 1.807) is 11.8 Å². The van der Waals surface area contributed by atoms with Gasteiger partial charge < -0.3 is 9.30 Å². The van der Waals surface area contributed by atoms with Crippen LogP contribution < -0.4 is 4.74 Å². The Bertz CT molecular complexity index is 1120. The number of imidazole rings is 1. The number of nitrogens with zero attached hydrogens (tertiary/aromatic N) is 2. The summed E-state index contributed by atoms with van der Waals surface area (Å²) < 4.78 is 8.34. The molecule has 4 aromatic rings. The maximum atomic E-state index is 6.07. The molecule has 5 heteroatoms. The molecular formula is C24H23ClN2OS. The highest BCUT2D eigenvalue weighted by atomic mass is 35.5. The second-order valence-electron chi connectivity index (χ2n) is 7.03. The van der Waals surface area contributed by atoms with E-state index < -0.39 is 0 Å². The van der Waals surface area contributed by atoms with Gasteiger partial charge in [-0.2, -0.15) is 0 Å². The van der Waals surface area contributed by atoms with Crippen LogP contribution in [0.5, 0.6) is 5.75 Å². The zero-order valence-electron chi connectivity index (χ0n) is 16.6. The Morgan fingerprint density at radius 2 is 1.79 bits per heavy atom. The van der Waals surface area contributed by atoms with Crippen LogP contribution in [0.3, 0.4) is 0 Å². The molecule has 0 atom stereocenters. The molecule has 148 valence electrons. The van der Waals surface area contributed by atoms with Crippen LogP contribution in [0, 0.1) is 13.8 Å². The number of benzene rings is 3. The fourth-order valence-electron chi connectivity index (χ4n) is 3.37. The molecule has 0 spiro atoms. The van der Waals surface area contributed by atoms with Crippen molar-refractivity contribution in [2.24, 2.45) is 0 Å². The highest BCUT2D eigenvalue weighted by Crippen LogP contribution is 2.26. The Morgan fingerprint density at radius 3 is 2.59 bits per heavy atom. The van der Waals surface area contributed by atoms with E-state index >= 15 is 0 Å². The SMILES string of the molecule is Cc1ccc(OCCn2c(CSc3ccc(Cl)cc3)nc3ccccc32)c(C)c1. The molecule has 1 heterocycles. The minimum atomic E-state index is 0.600. The Balaban J connectivity index is 1.50. The van der Waals surface area contributed by atoms with Crippen LogP contribution in [-0.4, -0.2) is 16.2 Å². The smallest absolute Gasteiger partial charge is 0.122 e. The van der Waals surface area contributed by atoms with Gasteiger partial charge in [-0.1, -0.05) is 41.4 Å². The predicted octanol–water partition coefficient (Wildman–Crippen LogP) is 6.68. The van der Waals surface area contributed by atoms with Gasteiger partial charge in [0.05, 0.1) is 23.3 Å². The number of halogens is 1. The zero-order valence-corrected chi connectivity index (χ0v) is 18.1. The Kier molecular flexibility index (Phi) is 6.12. The minimum absolute atomic E-state index is 0.600. The van der Waals surface area contributed by atoms with Crippen LogP contribution in [0.2, 0.25) is 5.02 Å². The molecular weight excluding hydrogens is 400 g/mol. The molecule has 0 aliphatic heterocycles. The number of aromatic nitrogens is 2. The summed E-state index contributed by atoms with van der Waals surface area (Å²) in [5.74, 6) is 2.78. The normalized spacial score (nSPS) is 11.1. The van der Waals surface area contributed by atoms with Gasteiger partial charge in [-0.05, 0) is 61.9 Å². The molecule has 0 fully saturated rings. The van der Waals surface area contributed by atoms with Crippen LogP contribution in [0.1, 0.15) is 17.0 Å². The van der Waals surface area contributed by atoms with E-state index in [0.717, 1.165) is 39.9 Å². The average Bonchev–Trinajstić information content (AvgIpc) is 3.07. The topological polar surface area (TPSA) is 27.1 Å². The van der Waals surface area contributed by atoms with Crippen LogP contribution in [0.25, 0.3) is 11.0 Å². The highest BCUT2D eigenvalue weighted by molar-refractivity contribution is 7.98. The Morgan fingerprint density at radius 1 is 1.00 bits per heavy atom. The largest absolute Gasteiger partial charge is 0.491 e. The summed E-state index contributed by atoms with van der Waals surface area (Å²) in [6.07, 6.45) is 0. The summed E-state index contributed by atoms with van der Waals surface area (Å²) in [7, 11) is 0. The van der Waals surface area contributed by atoms with E-state index in [9.17, 15) is 0 Å². The molecule has 1 aromatic heterocycles. The number of fused-ring (bicyclic) bond motifs is 1. The summed E-state index contributed by atoms with van der Waals surface area (Å²) >= 11 is 7.76. The van der Waals surface area contributed by atoms with E-state index in [0.29, 0.717) is 6.61 Å². The summed E-state index contributed by atoms with van der Waals surface area (Å²) in [6.45, 7) is 5.54. The summed E-state index contributed by atoms with van der Waals surface area (Å²) in [4.78, 5) is 6.04. The molecule has 29 heavy (non-hydrogen) atoms. The van der Waals surface area contributed by atoms with E-state index in [1.165, 1.54) is 16.0 Å². The van der Waals surface area contributed by atoms with E-state index in [4.69, 9.17) is 21.3 Å². The lowest BCUT2D eigenvalue weighted by Gasteiger charge is -2.13. The van der Waals surface area contributed by atoms with Crippen molar-refractivity contribution in [1.29, 1.82) is 0 Å². The molecule has 0 saturated carbocycles. The first-order chi connectivity index (χ1) is 14.1. The summed E-state index contributed by atoms with van der Waals surface area (Å²) in [5, 5.41) is 0.755. The third-order valence-electron chi connectivity index (χ3n) is 4.82. The van der Waals surface area contributed by atoms with Gasteiger partial charge in [0.1, 0.15) is 18.2 Å². The van der Waals surface area contributed by atoms with Crippen LogP contribution in [0.15, 0.2) is 71.6 Å². The second kappa shape index (κ2) is 8.93. The first kappa shape index (κ1) is 19.9. The van der Waals surface area contributed by atoms with Crippen LogP contribution in [0.4, 0.5) is 0 Å². The fraction of sp³-hybridized carbons (Fsp3) is 0.208. The Hall–Kier alpha value is -2.43. The van der Waals surface area contributed by atoms with Gasteiger partial charge in [-0.3, -0.25) is 0 Å². The maximum Gasteiger partial charge on any atom is 0.122 e. The molecule has 0 radical (unpaired) electrons. The molecule has 0 saturated heterocycles. The van der Waals surface area contributed by atoms with Gasteiger partial charge in [0.25, 0.3) is 0 Å². The average molecular weight is 423 g/mol. The molecule has 0 aliphatic rings. The molecule has 0 unspecified atom stereocenters. The van der Waals surface area contributed by atoms with Crippen molar-refractivity contribution in [2.45, 2.75) is 31.0 Å². The number of para-hydroxylation sites is 2. The predicted molar refractivity (Wildman–Crippen MR) is 122 cm³/mol. The highest BCUT2D eigenvalue weighted by Gasteiger charge is 2.11. The number of hydrogen-bond acceptors (Lipinski definition) is 3. The molecule has 0 amide bonds. The molecule has 0 aliphatic carbocycles. The molecule has 3 aromatic carbocycles. The molecule has 0 bridgehead atoms. The van der Waals surface area contributed by atoms with Gasteiger partial charge in [0, 0.05) is 9.92 Å². The maximum absolute atomic E-state index is 6.07. The third-order valence-corrected chi connectivity index (χ3v) is 6.08. The standard InChI is InChI=1S/C24H23ClN2OS/c1-17-7-12-23(18(2)15-17)28-14-13-27-22-6-4-3-5-21(22)26-24(27)16-29-20-10-8-19(25)9-11-20/h3-12,15H,13-14,16H2,1-2H3. The molecule has 4 rings (SSSR count). The van der Waals surface area contributed by atoms with Gasteiger partial charge in [-0.25, -0.2) is 4.98 Å². The summed E-state index contributed by atoms with van der Waals surface area (Å²) in [6, 6.07) is 22.5.